The topological polar surface area (TPSA) is 74.3 Å². The van der Waals surface area contributed by atoms with Crippen LogP contribution in [0.4, 0.5) is 0 Å². The SMILES string of the molecule is COc1ccc(CCN2CCC[C@@](O)(c3cn[nH]n3)C2)cc1. The number of hydrogen-bond acceptors (Lipinski definition) is 5. The predicted molar refractivity (Wildman–Crippen MR) is 82.7 cm³/mol. The Morgan fingerprint density at radius 1 is 1.36 bits per heavy atom. The molecular formula is C16H22N4O2. The number of benzene rings is 1. The van der Waals surface area contributed by atoms with E-state index in [9.17, 15) is 5.11 Å². The van der Waals surface area contributed by atoms with Crippen LogP contribution in [0.2, 0.25) is 0 Å². The summed E-state index contributed by atoms with van der Waals surface area (Å²) in [6.45, 7) is 2.54. The Labute approximate surface area is 130 Å². The van der Waals surface area contributed by atoms with Crippen molar-refractivity contribution in [2.75, 3.05) is 26.7 Å². The fourth-order valence-electron chi connectivity index (χ4n) is 3.03. The van der Waals surface area contributed by atoms with Crippen LogP contribution in [0, 0.1) is 0 Å². The molecule has 3 rings (SSSR count). The van der Waals surface area contributed by atoms with E-state index < -0.39 is 5.60 Å². The molecule has 2 heterocycles. The fourth-order valence-corrected chi connectivity index (χ4v) is 3.03. The Balaban J connectivity index is 1.58. The lowest BCUT2D eigenvalue weighted by atomic mass is 9.90. The number of aliphatic hydroxyl groups is 1. The monoisotopic (exact) mass is 302 g/mol. The largest absolute Gasteiger partial charge is 0.497 e. The molecule has 0 bridgehead atoms. The van der Waals surface area contributed by atoms with Gasteiger partial charge >= 0.3 is 0 Å². The number of methoxy groups -OCH3 is 1. The minimum Gasteiger partial charge on any atom is -0.497 e. The van der Waals surface area contributed by atoms with Crippen molar-refractivity contribution >= 4 is 0 Å². The van der Waals surface area contributed by atoms with Gasteiger partial charge in [0, 0.05) is 13.1 Å². The van der Waals surface area contributed by atoms with Crippen molar-refractivity contribution in [1.29, 1.82) is 0 Å². The summed E-state index contributed by atoms with van der Waals surface area (Å²) in [5.74, 6) is 0.877. The Kier molecular flexibility index (Phi) is 4.40. The molecule has 0 radical (unpaired) electrons. The van der Waals surface area contributed by atoms with Crippen LogP contribution in [0.25, 0.3) is 0 Å². The predicted octanol–water partition coefficient (Wildman–Crippen LogP) is 1.34. The number of nitrogens with one attached hydrogen (secondary N) is 1. The fraction of sp³-hybridized carbons (Fsp3) is 0.500. The highest BCUT2D eigenvalue weighted by Crippen LogP contribution is 2.29. The number of rotatable bonds is 5. The van der Waals surface area contributed by atoms with Gasteiger partial charge in [-0.3, -0.25) is 4.90 Å². The first-order chi connectivity index (χ1) is 10.7. The third-order valence-electron chi connectivity index (χ3n) is 4.32. The van der Waals surface area contributed by atoms with E-state index in [1.807, 2.05) is 12.1 Å². The summed E-state index contributed by atoms with van der Waals surface area (Å²) in [4.78, 5) is 2.29. The molecule has 0 aliphatic carbocycles. The normalized spacial score (nSPS) is 22.6. The Hall–Kier alpha value is -1.92. The highest BCUT2D eigenvalue weighted by molar-refractivity contribution is 5.27. The maximum Gasteiger partial charge on any atom is 0.123 e. The number of nitrogens with zero attached hydrogens (tertiary/aromatic N) is 3. The quantitative estimate of drug-likeness (QED) is 0.872. The van der Waals surface area contributed by atoms with Gasteiger partial charge in [0.1, 0.15) is 17.0 Å². The van der Waals surface area contributed by atoms with Crippen molar-refractivity contribution in [3.8, 4) is 5.75 Å². The number of likely N-dealkylation sites (tertiary alicyclic amines) is 1. The zero-order valence-corrected chi connectivity index (χ0v) is 12.8. The van der Waals surface area contributed by atoms with Gasteiger partial charge in [-0.25, -0.2) is 0 Å². The van der Waals surface area contributed by atoms with E-state index in [0.717, 1.165) is 38.1 Å². The molecule has 118 valence electrons. The van der Waals surface area contributed by atoms with E-state index >= 15 is 0 Å². The molecule has 6 heteroatoms. The molecule has 2 aromatic rings. The van der Waals surface area contributed by atoms with Crippen molar-refractivity contribution in [2.24, 2.45) is 0 Å². The van der Waals surface area contributed by atoms with Gasteiger partial charge in [-0.2, -0.15) is 15.4 Å². The van der Waals surface area contributed by atoms with Gasteiger partial charge in [-0.1, -0.05) is 12.1 Å². The Bertz CT molecular complexity index is 585. The van der Waals surface area contributed by atoms with Crippen LogP contribution in [0.15, 0.2) is 30.5 Å². The van der Waals surface area contributed by atoms with E-state index in [1.54, 1.807) is 13.3 Å². The summed E-state index contributed by atoms with van der Waals surface area (Å²) in [6, 6.07) is 8.15. The molecule has 2 N–H and O–H groups in total. The summed E-state index contributed by atoms with van der Waals surface area (Å²) in [6.07, 6.45) is 4.27. The van der Waals surface area contributed by atoms with Gasteiger partial charge in [0.15, 0.2) is 0 Å². The minimum atomic E-state index is -0.884. The molecule has 1 atom stereocenters. The Morgan fingerprint density at radius 2 is 2.18 bits per heavy atom. The molecule has 1 aromatic heterocycles. The van der Waals surface area contributed by atoms with Crippen LogP contribution in [0.3, 0.4) is 0 Å². The van der Waals surface area contributed by atoms with Crippen molar-refractivity contribution in [3.05, 3.63) is 41.7 Å². The van der Waals surface area contributed by atoms with E-state index in [4.69, 9.17) is 4.74 Å². The van der Waals surface area contributed by atoms with Crippen molar-refractivity contribution in [1.82, 2.24) is 20.3 Å². The zero-order chi connectivity index (χ0) is 15.4. The zero-order valence-electron chi connectivity index (χ0n) is 12.8. The molecule has 1 saturated heterocycles. The second kappa shape index (κ2) is 6.46. The highest BCUT2D eigenvalue weighted by atomic mass is 16.5. The molecule has 6 nitrogen and oxygen atoms in total. The summed E-state index contributed by atoms with van der Waals surface area (Å²) in [5.41, 5.74) is 1.03. The number of H-pyrrole nitrogens is 1. The number of hydrogen-bond donors (Lipinski definition) is 2. The average molecular weight is 302 g/mol. The van der Waals surface area contributed by atoms with E-state index in [0.29, 0.717) is 12.2 Å². The lowest BCUT2D eigenvalue weighted by Crippen LogP contribution is -2.46. The smallest absolute Gasteiger partial charge is 0.123 e. The molecule has 1 aliphatic rings. The third kappa shape index (κ3) is 3.28. The molecule has 1 fully saturated rings. The van der Waals surface area contributed by atoms with Crippen LogP contribution in [0.5, 0.6) is 5.75 Å². The molecule has 0 unspecified atom stereocenters. The molecule has 1 aromatic carbocycles. The van der Waals surface area contributed by atoms with Crippen molar-refractivity contribution in [2.45, 2.75) is 24.9 Å². The van der Waals surface area contributed by atoms with Crippen LogP contribution in [-0.4, -0.2) is 52.2 Å². The summed E-state index contributed by atoms with van der Waals surface area (Å²) >= 11 is 0. The van der Waals surface area contributed by atoms with Crippen LogP contribution in [0.1, 0.15) is 24.1 Å². The number of piperidine rings is 1. The van der Waals surface area contributed by atoms with Gasteiger partial charge in [0.25, 0.3) is 0 Å². The Morgan fingerprint density at radius 3 is 2.86 bits per heavy atom. The second-order valence-corrected chi connectivity index (χ2v) is 5.86. The van der Waals surface area contributed by atoms with Gasteiger partial charge in [0.2, 0.25) is 0 Å². The van der Waals surface area contributed by atoms with E-state index in [2.05, 4.69) is 32.4 Å². The van der Waals surface area contributed by atoms with Gasteiger partial charge < -0.3 is 9.84 Å². The first kappa shape index (κ1) is 15.0. The van der Waals surface area contributed by atoms with E-state index in [-0.39, 0.29) is 0 Å². The third-order valence-corrected chi connectivity index (χ3v) is 4.32. The summed E-state index contributed by atoms with van der Waals surface area (Å²) < 4.78 is 5.17. The van der Waals surface area contributed by atoms with E-state index in [1.165, 1.54) is 5.56 Å². The molecule has 0 amide bonds. The number of aromatic amines is 1. The summed E-state index contributed by atoms with van der Waals surface area (Å²) in [7, 11) is 1.67. The lowest BCUT2D eigenvalue weighted by Gasteiger charge is -2.38. The van der Waals surface area contributed by atoms with Gasteiger partial charge in [0.05, 0.1) is 13.3 Å². The highest BCUT2D eigenvalue weighted by Gasteiger charge is 2.36. The van der Waals surface area contributed by atoms with Crippen LogP contribution < -0.4 is 4.74 Å². The van der Waals surface area contributed by atoms with Crippen molar-refractivity contribution < 1.29 is 9.84 Å². The van der Waals surface area contributed by atoms with Gasteiger partial charge in [-0.15, -0.1) is 0 Å². The number of aromatic nitrogens is 3. The second-order valence-electron chi connectivity index (χ2n) is 5.86. The average Bonchev–Trinajstić information content (AvgIpc) is 3.09. The standard InChI is InChI=1S/C16H22N4O2/c1-22-14-5-3-13(4-6-14)7-10-20-9-2-8-16(21,12-20)15-11-17-19-18-15/h3-6,11,21H,2,7-10,12H2,1H3,(H,17,18,19)/t16-/m0/s1. The number of ether oxygens (including phenoxy) is 1. The minimum absolute atomic E-state index is 0.607. The maximum absolute atomic E-state index is 10.8. The molecule has 22 heavy (non-hydrogen) atoms. The molecule has 0 spiro atoms. The van der Waals surface area contributed by atoms with Crippen LogP contribution in [-0.2, 0) is 12.0 Å². The maximum atomic E-state index is 10.8. The molecular weight excluding hydrogens is 280 g/mol. The van der Waals surface area contributed by atoms with Gasteiger partial charge in [-0.05, 0) is 43.5 Å². The van der Waals surface area contributed by atoms with Crippen LogP contribution >= 0.6 is 0 Å². The first-order valence-corrected chi connectivity index (χ1v) is 7.63. The molecule has 0 saturated carbocycles. The summed E-state index contributed by atoms with van der Waals surface area (Å²) in [5, 5.41) is 21.2. The molecule has 1 aliphatic heterocycles. The number of β-amino-alcohol motifs (C(OH)–C–C–N with tert-alkyl or cyclic N) is 1. The lowest BCUT2D eigenvalue weighted by molar-refractivity contribution is -0.0385. The first-order valence-electron chi connectivity index (χ1n) is 7.63. The van der Waals surface area contributed by atoms with Crippen molar-refractivity contribution in [3.63, 3.8) is 0 Å².